The van der Waals surface area contributed by atoms with Crippen molar-refractivity contribution in [1.29, 1.82) is 0 Å². The van der Waals surface area contributed by atoms with Gasteiger partial charge in [-0.3, -0.25) is 4.79 Å². The third kappa shape index (κ3) is 3.45. The Morgan fingerprint density at radius 1 is 1.47 bits per heavy atom. The van der Waals surface area contributed by atoms with Crippen molar-refractivity contribution in [2.24, 2.45) is 0 Å². The van der Waals surface area contributed by atoms with E-state index >= 15 is 0 Å². The predicted molar refractivity (Wildman–Crippen MR) is 57.9 cm³/mol. The molecule has 3 nitrogen and oxygen atoms in total. The van der Waals surface area contributed by atoms with E-state index in [1.54, 1.807) is 0 Å². The molecule has 0 saturated carbocycles. The van der Waals surface area contributed by atoms with Crippen molar-refractivity contribution in [2.75, 3.05) is 6.61 Å². The first kappa shape index (κ1) is 11.3. The molecule has 78 valence electrons. The molecule has 0 unspecified atom stereocenters. The predicted octanol–water partition coefficient (Wildman–Crippen LogP) is 0.860. The van der Waals surface area contributed by atoms with Gasteiger partial charge in [0.05, 0.1) is 19.1 Å². The molecule has 1 rings (SSSR count). The average Bonchev–Trinajstić information content (AvgIpc) is 2.27. The molecule has 0 aliphatic heterocycles. The van der Waals surface area contributed by atoms with Crippen LogP contribution in [0, 0.1) is 12.3 Å². The number of amides is 1. The molecule has 0 aliphatic rings. The van der Waals surface area contributed by atoms with Crippen molar-refractivity contribution < 1.29 is 9.90 Å². The molecule has 0 aliphatic carbocycles. The van der Waals surface area contributed by atoms with Crippen LogP contribution in [0.25, 0.3) is 0 Å². The number of hydrogen-bond acceptors (Lipinski definition) is 2. The van der Waals surface area contributed by atoms with Crippen molar-refractivity contribution in [3.8, 4) is 12.3 Å². The minimum atomic E-state index is -0.382. The van der Waals surface area contributed by atoms with Crippen LogP contribution in [0.4, 0.5) is 0 Å². The van der Waals surface area contributed by atoms with Gasteiger partial charge in [0.1, 0.15) is 0 Å². The Balaban J connectivity index is 2.65. The van der Waals surface area contributed by atoms with Crippen LogP contribution in [-0.2, 0) is 4.79 Å². The number of carbonyl (C=O) groups excluding carboxylic acids is 1. The summed E-state index contributed by atoms with van der Waals surface area (Å²) >= 11 is 0. The quantitative estimate of drug-likeness (QED) is 0.713. The smallest absolute Gasteiger partial charge is 0.232 e. The van der Waals surface area contributed by atoms with Gasteiger partial charge in [0.15, 0.2) is 0 Å². The molecule has 1 aromatic carbocycles. The maximum atomic E-state index is 11.2. The highest BCUT2D eigenvalue weighted by Gasteiger charge is 2.11. The monoisotopic (exact) mass is 203 g/mol. The Labute approximate surface area is 89.1 Å². The number of nitrogens with one attached hydrogen (secondary N) is 1. The van der Waals surface area contributed by atoms with Gasteiger partial charge < -0.3 is 10.4 Å². The molecule has 0 saturated heterocycles. The summed E-state index contributed by atoms with van der Waals surface area (Å²) in [4.78, 5) is 11.2. The van der Waals surface area contributed by atoms with Gasteiger partial charge in [0, 0.05) is 0 Å². The second-order valence-electron chi connectivity index (χ2n) is 3.09. The summed E-state index contributed by atoms with van der Waals surface area (Å²) in [6.07, 6.45) is 5.04. The zero-order valence-electron chi connectivity index (χ0n) is 8.31. The maximum Gasteiger partial charge on any atom is 0.232 e. The molecule has 2 N–H and O–H groups in total. The molecule has 0 heterocycles. The highest BCUT2D eigenvalue weighted by Crippen LogP contribution is 2.11. The third-order valence-corrected chi connectivity index (χ3v) is 1.98. The Morgan fingerprint density at radius 2 is 2.13 bits per heavy atom. The van der Waals surface area contributed by atoms with Crippen LogP contribution in [-0.4, -0.2) is 17.6 Å². The highest BCUT2D eigenvalue weighted by atomic mass is 16.3. The van der Waals surface area contributed by atoms with Crippen LogP contribution in [0.5, 0.6) is 0 Å². The summed E-state index contributed by atoms with van der Waals surface area (Å²) in [5.74, 6) is 2.01. The summed E-state index contributed by atoms with van der Waals surface area (Å²) in [6.45, 7) is -0.139. The molecule has 1 atom stereocenters. The van der Waals surface area contributed by atoms with Crippen molar-refractivity contribution in [3.63, 3.8) is 0 Å². The van der Waals surface area contributed by atoms with Gasteiger partial charge in [-0.2, -0.15) is 0 Å². The first-order chi connectivity index (χ1) is 7.27. The lowest BCUT2D eigenvalue weighted by Gasteiger charge is -2.15. The van der Waals surface area contributed by atoms with E-state index in [0.29, 0.717) is 0 Å². The van der Waals surface area contributed by atoms with Gasteiger partial charge in [-0.15, -0.1) is 6.42 Å². The number of rotatable bonds is 4. The van der Waals surface area contributed by atoms with E-state index < -0.39 is 0 Å². The number of terminal acetylenes is 1. The molecule has 15 heavy (non-hydrogen) atoms. The lowest BCUT2D eigenvalue weighted by Crippen LogP contribution is -2.30. The van der Waals surface area contributed by atoms with Gasteiger partial charge in [0.2, 0.25) is 5.91 Å². The Hall–Kier alpha value is -1.79. The van der Waals surface area contributed by atoms with Gasteiger partial charge in [-0.1, -0.05) is 36.3 Å². The number of aliphatic hydroxyl groups is 1. The van der Waals surface area contributed by atoms with Crippen LogP contribution in [0.3, 0.4) is 0 Å². The molecule has 0 fully saturated rings. The molecule has 1 amide bonds. The molecule has 0 spiro atoms. The summed E-state index contributed by atoms with van der Waals surface area (Å²) in [5.41, 5.74) is 0.866. The van der Waals surface area contributed by atoms with E-state index in [2.05, 4.69) is 11.2 Å². The molecule has 0 radical (unpaired) electrons. The molecular formula is C12H13NO2. The largest absolute Gasteiger partial charge is 0.394 e. The lowest BCUT2D eigenvalue weighted by molar-refractivity contribution is -0.121. The zero-order valence-corrected chi connectivity index (χ0v) is 8.31. The fraction of sp³-hybridized carbons (Fsp3) is 0.250. The molecular weight excluding hydrogens is 190 g/mol. The topological polar surface area (TPSA) is 49.3 Å². The normalized spacial score (nSPS) is 11.5. The number of benzene rings is 1. The maximum absolute atomic E-state index is 11.2. The summed E-state index contributed by atoms with van der Waals surface area (Å²) < 4.78 is 0. The van der Waals surface area contributed by atoms with Gasteiger partial charge >= 0.3 is 0 Å². The average molecular weight is 203 g/mol. The van der Waals surface area contributed by atoms with E-state index in [4.69, 9.17) is 11.5 Å². The highest BCUT2D eigenvalue weighted by molar-refractivity contribution is 5.78. The zero-order chi connectivity index (χ0) is 11.1. The van der Waals surface area contributed by atoms with E-state index in [9.17, 15) is 4.79 Å². The Bertz CT molecular complexity index is 354. The van der Waals surface area contributed by atoms with Crippen LogP contribution >= 0.6 is 0 Å². The SMILES string of the molecule is C#CCC(=O)N[C@@H](CO)c1ccccc1. The fourth-order valence-electron chi connectivity index (χ4n) is 1.26. The molecule has 1 aromatic rings. The third-order valence-electron chi connectivity index (χ3n) is 1.98. The number of aliphatic hydroxyl groups excluding tert-OH is 1. The summed E-state index contributed by atoms with van der Waals surface area (Å²) in [6, 6.07) is 8.89. The Morgan fingerprint density at radius 3 is 2.67 bits per heavy atom. The summed E-state index contributed by atoms with van der Waals surface area (Å²) in [5, 5.41) is 11.8. The van der Waals surface area contributed by atoms with Gasteiger partial charge in [-0.05, 0) is 5.56 Å². The van der Waals surface area contributed by atoms with Crippen LogP contribution < -0.4 is 5.32 Å². The lowest BCUT2D eigenvalue weighted by atomic mass is 10.1. The number of carbonyl (C=O) groups is 1. The van der Waals surface area contributed by atoms with E-state index in [1.165, 1.54) is 0 Å². The van der Waals surface area contributed by atoms with E-state index in [0.717, 1.165) is 5.56 Å². The van der Waals surface area contributed by atoms with Crippen molar-refractivity contribution in [1.82, 2.24) is 5.32 Å². The van der Waals surface area contributed by atoms with E-state index in [1.807, 2.05) is 30.3 Å². The van der Waals surface area contributed by atoms with E-state index in [-0.39, 0.29) is 25.0 Å². The summed E-state index contributed by atoms with van der Waals surface area (Å²) in [7, 11) is 0. The Kier molecular flexibility index (Phi) is 4.39. The number of hydrogen-bond donors (Lipinski definition) is 2. The van der Waals surface area contributed by atoms with Crippen molar-refractivity contribution in [2.45, 2.75) is 12.5 Å². The second-order valence-corrected chi connectivity index (χ2v) is 3.09. The first-order valence-corrected chi connectivity index (χ1v) is 4.66. The van der Waals surface area contributed by atoms with Crippen LogP contribution in [0.1, 0.15) is 18.0 Å². The van der Waals surface area contributed by atoms with Crippen molar-refractivity contribution >= 4 is 5.91 Å². The molecule has 0 bridgehead atoms. The standard InChI is InChI=1S/C12H13NO2/c1-2-6-12(15)13-11(9-14)10-7-4-3-5-8-10/h1,3-5,7-8,11,14H,6,9H2,(H,13,15)/t11-/m0/s1. The molecule has 3 heteroatoms. The van der Waals surface area contributed by atoms with Crippen LogP contribution in [0.2, 0.25) is 0 Å². The molecule has 0 aromatic heterocycles. The second kappa shape index (κ2) is 5.84. The van der Waals surface area contributed by atoms with Crippen molar-refractivity contribution in [3.05, 3.63) is 35.9 Å². The first-order valence-electron chi connectivity index (χ1n) is 4.66. The minimum absolute atomic E-state index is 0.0311. The fourth-order valence-corrected chi connectivity index (χ4v) is 1.26. The van der Waals surface area contributed by atoms with Gasteiger partial charge in [-0.25, -0.2) is 0 Å². The van der Waals surface area contributed by atoms with Crippen LogP contribution in [0.15, 0.2) is 30.3 Å². The van der Waals surface area contributed by atoms with Gasteiger partial charge in [0.25, 0.3) is 0 Å². The minimum Gasteiger partial charge on any atom is -0.394 e.